The summed E-state index contributed by atoms with van der Waals surface area (Å²) in [5, 5.41) is 0. The third-order valence-corrected chi connectivity index (χ3v) is 0.802. The molecule has 0 saturated carbocycles. The van der Waals surface area contributed by atoms with Gasteiger partial charge in [-0.1, -0.05) is 13.0 Å². The second-order valence-corrected chi connectivity index (χ2v) is 1.43. The standard InChI is InChI=1S/C5H9NO/c1-3-4(2)5(6)7/h3-4H,1H2,2H3,(H2,6,7)/t4-/m1/s1. The summed E-state index contributed by atoms with van der Waals surface area (Å²) in [6.45, 7) is 5.08. The zero-order valence-corrected chi connectivity index (χ0v) is 4.35. The molecule has 0 unspecified atom stereocenters. The molecule has 40 valence electrons. The lowest BCUT2D eigenvalue weighted by atomic mass is 10.2. The first-order valence-corrected chi connectivity index (χ1v) is 2.10. The Bertz CT molecular complexity index is 88.1. The van der Waals surface area contributed by atoms with E-state index in [-0.39, 0.29) is 11.8 Å². The van der Waals surface area contributed by atoms with Gasteiger partial charge in [0.15, 0.2) is 0 Å². The number of amides is 1. The predicted molar refractivity (Wildman–Crippen MR) is 28.6 cm³/mol. The fraction of sp³-hybridized carbons (Fsp3) is 0.400. The van der Waals surface area contributed by atoms with Crippen LogP contribution < -0.4 is 5.73 Å². The van der Waals surface area contributed by atoms with Gasteiger partial charge in [0.05, 0.1) is 5.92 Å². The van der Waals surface area contributed by atoms with Gasteiger partial charge >= 0.3 is 0 Å². The minimum Gasteiger partial charge on any atom is -0.369 e. The van der Waals surface area contributed by atoms with Crippen LogP contribution in [0.15, 0.2) is 12.7 Å². The molecule has 2 N–H and O–H groups in total. The first kappa shape index (κ1) is 6.21. The fourth-order valence-electron chi connectivity index (χ4n) is 0.116. The topological polar surface area (TPSA) is 43.1 Å². The summed E-state index contributed by atoms with van der Waals surface area (Å²) in [5.74, 6) is -0.519. The maximum absolute atomic E-state index is 10.1. The maximum Gasteiger partial charge on any atom is 0.224 e. The van der Waals surface area contributed by atoms with Gasteiger partial charge in [-0.3, -0.25) is 4.79 Å². The highest BCUT2D eigenvalue weighted by Crippen LogP contribution is 1.90. The summed E-state index contributed by atoms with van der Waals surface area (Å²) in [6, 6.07) is 0. The summed E-state index contributed by atoms with van der Waals surface area (Å²) in [5.41, 5.74) is 4.84. The number of rotatable bonds is 2. The van der Waals surface area contributed by atoms with E-state index in [4.69, 9.17) is 5.73 Å². The van der Waals surface area contributed by atoms with Crippen LogP contribution in [0.2, 0.25) is 0 Å². The van der Waals surface area contributed by atoms with Crippen LogP contribution >= 0.6 is 0 Å². The Balaban J connectivity index is 3.55. The second kappa shape index (κ2) is 2.39. The maximum atomic E-state index is 10.1. The Morgan fingerprint density at radius 3 is 2.43 bits per heavy atom. The van der Waals surface area contributed by atoms with Crippen LogP contribution in [-0.2, 0) is 4.79 Å². The molecule has 2 nitrogen and oxygen atoms in total. The van der Waals surface area contributed by atoms with Crippen LogP contribution in [0.1, 0.15) is 6.92 Å². The quantitative estimate of drug-likeness (QED) is 0.497. The summed E-state index contributed by atoms with van der Waals surface area (Å²) < 4.78 is 0. The highest BCUT2D eigenvalue weighted by atomic mass is 16.1. The van der Waals surface area contributed by atoms with Gasteiger partial charge in [0.2, 0.25) is 5.91 Å². The van der Waals surface area contributed by atoms with Crippen LogP contribution in [0.5, 0.6) is 0 Å². The zero-order chi connectivity index (χ0) is 5.86. The number of carbonyl (C=O) groups is 1. The van der Waals surface area contributed by atoms with Gasteiger partial charge in [0.1, 0.15) is 0 Å². The highest BCUT2D eigenvalue weighted by Gasteiger charge is 1.99. The predicted octanol–water partition coefficient (Wildman–Crippen LogP) is 0.294. The first-order valence-electron chi connectivity index (χ1n) is 2.10. The van der Waals surface area contributed by atoms with Gasteiger partial charge in [-0.2, -0.15) is 0 Å². The Hall–Kier alpha value is -0.790. The molecule has 0 rings (SSSR count). The lowest BCUT2D eigenvalue weighted by Gasteiger charge is -1.93. The molecule has 0 heterocycles. The minimum absolute atomic E-state index is 0.194. The molecular weight excluding hydrogens is 90.1 g/mol. The summed E-state index contributed by atoms with van der Waals surface area (Å²) in [6.07, 6.45) is 1.52. The van der Waals surface area contributed by atoms with Gasteiger partial charge < -0.3 is 5.73 Å². The van der Waals surface area contributed by atoms with Crippen molar-refractivity contribution in [1.29, 1.82) is 0 Å². The third kappa shape index (κ3) is 1.98. The van der Waals surface area contributed by atoms with Gasteiger partial charge in [-0.15, -0.1) is 6.58 Å². The molecule has 0 aliphatic heterocycles. The van der Waals surface area contributed by atoms with E-state index in [2.05, 4.69) is 6.58 Å². The summed E-state index contributed by atoms with van der Waals surface area (Å²) >= 11 is 0. The monoisotopic (exact) mass is 99.1 g/mol. The van der Waals surface area contributed by atoms with E-state index in [0.29, 0.717) is 0 Å². The number of hydrogen-bond acceptors (Lipinski definition) is 1. The van der Waals surface area contributed by atoms with Gasteiger partial charge in [0, 0.05) is 0 Å². The number of hydrogen-bond donors (Lipinski definition) is 1. The molecule has 0 aliphatic carbocycles. The Morgan fingerprint density at radius 1 is 2.00 bits per heavy atom. The van der Waals surface area contributed by atoms with Gasteiger partial charge in [-0.05, 0) is 0 Å². The van der Waals surface area contributed by atoms with Crippen molar-refractivity contribution in [3.8, 4) is 0 Å². The van der Waals surface area contributed by atoms with Crippen molar-refractivity contribution in [3.63, 3.8) is 0 Å². The molecular formula is C5H9NO. The smallest absolute Gasteiger partial charge is 0.224 e. The van der Waals surface area contributed by atoms with Crippen molar-refractivity contribution in [2.24, 2.45) is 11.7 Å². The van der Waals surface area contributed by atoms with E-state index in [0.717, 1.165) is 0 Å². The van der Waals surface area contributed by atoms with Gasteiger partial charge in [-0.25, -0.2) is 0 Å². The molecule has 0 aromatic rings. The lowest BCUT2D eigenvalue weighted by molar-refractivity contribution is -0.119. The Kier molecular flexibility index (Phi) is 2.12. The molecule has 0 fully saturated rings. The van der Waals surface area contributed by atoms with E-state index < -0.39 is 0 Å². The zero-order valence-electron chi connectivity index (χ0n) is 4.35. The largest absolute Gasteiger partial charge is 0.369 e. The summed E-state index contributed by atoms with van der Waals surface area (Å²) in [7, 11) is 0. The molecule has 0 aromatic heterocycles. The summed E-state index contributed by atoms with van der Waals surface area (Å²) in [4.78, 5) is 10.1. The average Bonchev–Trinajstić information content (AvgIpc) is 1.65. The number of primary amides is 1. The highest BCUT2D eigenvalue weighted by molar-refractivity contribution is 5.77. The molecule has 0 aliphatic rings. The minimum atomic E-state index is -0.324. The molecule has 0 radical (unpaired) electrons. The van der Waals surface area contributed by atoms with Crippen molar-refractivity contribution in [2.45, 2.75) is 6.92 Å². The lowest BCUT2D eigenvalue weighted by Crippen LogP contribution is -2.17. The molecule has 2 heteroatoms. The molecule has 7 heavy (non-hydrogen) atoms. The van der Waals surface area contributed by atoms with Crippen molar-refractivity contribution in [2.75, 3.05) is 0 Å². The SMILES string of the molecule is C=C[C@@H](C)C(N)=O. The van der Waals surface area contributed by atoms with E-state index in [1.807, 2.05) is 0 Å². The molecule has 1 amide bonds. The molecule has 0 spiro atoms. The van der Waals surface area contributed by atoms with E-state index >= 15 is 0 Å². The normalized spacial score (nSPS) is 12.7. The third-order valence-electron chi connectivity index (χ3n) is 0.802. The Morgan fingerprint density at radius 2 is 2.43 bits per heavy atom. The van der Waals surface area contributed by atoms with Crippen molar-refractivity contribution in [1.82, 2.24) is 0 Å². The van der Waals surface area contributed by atoms with Crippen LogP contribution in [0, 0.1) is 5.92 Å². The van der Waals surface area contributed by atoms with Crippen LogP contribution in [0.4, 0.5) is 0 Å². The second-order valence-electron chi connectivity index (χ2n) is 1.43. The Labute approximate surface area is 43.0 Å². The molecule has 1 atom stereocenters. The van der Waals surface area contributed by atoms with Crippen molar-refractivity contribution in [3.05, 3.63) is 12.7 Å². The average molecular weight is 99.1 g/mol. The van der Waals surface area contributed by atoms with Crippen LogP contribution in [0.25, 0.3) is 0 Å². The van der Waals surface area contributed by atoms with Crippen LogP contribution in [0.3, 0.4) is 0 Å². The number of nitrogens with two attached hydrogens (primary N) is 1. The number of carbonyl (C=O) groups excluding carboxylic acids is 1. The van der Waals surface area contributed by atoms with Crippen molar-refractivity contribution >= 4 is 5.91 Å². The van der Waals surface area contributed by atoms with E-state index in [1.165, 1.54) is 6.08 Å². The van der Waals surface area contributed by atoms with Crippen LogP contribution in [-0.4, -0.2) is 5.91 Å². The van der Waals surface area contributed by atoms with Gasteiger partial charge in [0.25, 0.3) is 0 Å². The van der Waals surface area contributed by atoms with E-state index in [1.54, 1.807) is 6.92 Å². The molecule has 0 bridgehead atoms. The molecule has 0 aromatic carbocycles. The molecule has 0 saturated heterocycles. The van der Waals surface area contributed by atoms with E-state index in [9.17, 15) is 4.79 Å². The first-order chi connectivity index (χ1) is 3.18. The van der Waals surface area contributed by atoms with Crippen molar-refractivity contribution < 1.29 is 4.79 Å². The fourth-order valence-corrected chi connectivity index (χ4v) is 0.116.